The Bertz CT molecular complexity index is 1260. The molecule has 4 nitrogen and oxygen atoms in total. The van der Waals surface area contributed by atoms with Crippen molar-refractivity contribution >= 4 is 28.4 Å². The van der Waals surface area contributed by atoms with Crippen molar-refractivity contribution in [2.75, 3.05) is 30.3 Å². The Kier molecular flexibility index (Phi) is 6.83. The highest BCUT2D eigenvalue weighted by atomic mass is 19.4. The number of hydrogen-bond donors (Lipinski definition) is 2. The fourth-order valence-corrected chi connectivity index (χ4v) is 4.92. The summed E-state index contributed by atoms with van der Waals surface area (Å²) in [6, 6.07) is 21.1. The number of alkyl halides is 3. The molecule has 2 aliphatic rings. The van der Waals surface area contributed by atoms with Crippen LogP contribution in [0, 0.1) is 0 Å². The molecule has 3 aromatic carbocycles. The van der Waals surface area contributed by atoms with Gasteiger partial charge in [0.25, 0.3) is 5.91 Å². The molecule has 0 spiro atoms. The summed E-state index contributed by atoms with van der Waals surface area (Å²) in [7, 11) is 0. The number of rotatable bonds is 6. The topological polar surface area (TPSA) is 44.4 Å². The molecule has 1 amide bonds. The van der Waals surface area contributed by atoms with Gasteiger partial charge in [0.1, 0.15) is 0 Å². The van der Waals surface area contributed by atoms with Gasteiger partial charge >= 0.3 is 6.18 Å². The first-order valence-electron chi connectivity index (χ1n) is 12.3. The monoisotopic (exact) mass is 491 g/mol. The van der Waals surface area contributed by atoms with Crippen LogP contribution in [0.4, 0.5) is 24.5 Å². The molecule has 0 saturated carbocycles. The highest BCUT2D eigenvalue weighted by Crippen LogP contribution is 2.40. The summed E-state index contributed by atoms with van der Waals surface area (Å²) in [5, 5.41) is 6.03. The second-order valence-electron chi connectivity index (χ2n) is 9.32. The maximum Gasteiger partial charge on any atom is 0.416 e. The van der Waals surface area contributed by atoms with Crippen molar-refractivity contribution in [1.29, 1.82) is 0 Å². The number of halogens is 3. The van der Waals surface area contributed by atoms with E-state index < -0.39 is 17.6 Å². The van der Waals surface area contributed by atoms with E-state index in [4.69, 9.17) is 0 Å². The van der Waals surface area contributed by atoms with Crippen LogP contribution in [-0.2, 0) is 17.5 Å². The third-order valence-electron chi connectivity index (χ3n) is 6.79. The third kappa shape index (κ3) is 5.31. The Morgan fingerprint density at radius 3 is 2.33 bits per heavy atom. The summed E-state index contributed by atoms with van der Waals surface area (Å²) in [4.78, 5) is 15.4. The number of fused-ring (bicyclic) bond motifs is 1. The van der Waals surface area contributed by atoms with Crippen LogP contribution in [0.1, 0.15) is 41.5 Å². The average molecular weight is 492 g/mol. The van der Waals surface area contributed by atoms with Crippen LogP contribution in [0.25, 0.3) is 11.1 Å². The SMILES string of the molecule is O=C1Nc2cc(C(F)(F)F)ccc2C1=C(CNc1ccc(CN2CCCCC2)cc1)c1ccccc1. The Balaban J connectivity index is 1.40. The fourth-order valence-electron chi connectivity index (χ4n) is 4.92. The quantitative estimate of drug-likeness (QED) is 0.379. The lowest BCUT2D eigenvalue weighted by molar-refractivity contribution is -0.137. The summed E-state index contributed by atoms with van der Waals surface area (Å²) >= 11 is 0. The van der Waals surface area contributed by atoms with Crippen LogP contribution in [0.3, 0.4) is 0 Å². The molecule has 2 N–H and O–H groups in total. The van der Waals surface area contributed by atoms with E-state index in [2.05, 4.69) is 27.7 Å². The number of likely N-dealkylation sites (tertiary alicyclic amines) is 1. The van der Waals surface area contributed by atoms with Crippen LogP contribution in [-0.4, -0.2) is 30.4 Å². The van der Waals surface area contributed by atoms with E-state index in [1.807, 2.05) is 42.5 Å². The van der Waals surface area contributed by atoms with Gasteiger partial charge in [-0.1, -0.05) is 55.0 Å². The van der Waals surface area contributed by atoms with Crippen LogP contribution >= 0.6 is 0 Å². The van der Waals surface area contributed by atoms with Crippen LogP contribution in [0.2, 0.25) is 0 Å². The van der Waals surface area contributed by atoms with Gasteiger partial charge in [0.15, 0.2) is 0 Å². The summed E-state index contributed by atoms with van der Waals surface area (Å²) in [5.74, 6) is -0.401. The van der Waals surface area contributed by atoms with E-state index in [9.17, 15) is 18.0 Å². The molecule has 1 saturated heterocycles. The molecule has 186 valence electrons. The number of anilines is 2. The minimum absolute atomic E-state index is 0.181. The molecule has 0 aromatic heterocycles. The van der Waals surface area contributed by atoms with Crippen LogP contribution in [0.15, 0.2) is 72.8 Å². The Hall–Kier alpha value is -3.58. The molecule has 2 aliphatic heterocycles. The van der Waals surface area contributed by atoms with E-state index in [0.717, 1.165) is 48.6 Å². The lowest BCUT2D eigenvalue weighted by atomic mass is 9.94. The van der Waals surface area contributed by atoms with E-state index in [-0.39, 0.29) is 5.69 Å². The van der Waals surface area contributed by atoms with Crippen LogP contribution < -0.4 is 10.6 Å². The Morgan fingerprint density at radius 1 is 0.917 bits per heavy atom. The lowest BCUT2D eigenvalue weighted by Crippen LogP contribution is -2.29. The number of carbonyl (C=O) groups excluding carboxylic acids is 1. The maximum atomic E-state index is 13.2. The summed E-state index contributed by atoms with van der Waals surface area (Å²) in [6.07, 6.45) is -0.656. The standard InChI is InChI=1S/C29H28F3N3O/c30-29(31,32)22-11-14-24-26(17-22)34-28(36)27(24)25(21-7-3-1-4-8-21)18-33-23-12-9-20(10-13-23)19-35-15-5-2-6-16-35/h1,3-4,7-14,17,33H,2,5-6,15-16,18-19H2,(H,34,36). The van der Waals surface area contributed by atoms with Crippen molar-refractivity contribution in [2.24, 2.45) is 0 Å². The van der Waals surface area contributed by atoms with Crippen molar-refractivity contribution in [3.63, 3.8) is 0 Å². The van der Waals surface area contributed by atoms with Crippen molar-refractivity contribution in [3.05, 3.63) is 95.1 Å². The molecule has 7 heteroatoms. The van der Waals surface area contributed by atoms with Crippen molar-refractivity contribution in [3.8, 4) is 0 Å². The van der Waals surface area contributed by atoms with Gasteiger partial charge in [0.2, 0.25) is 0 Å². The van der Waals surface area contributed by atoms with Gasteiger partial charge in [-0.15, -0.1) is 0 Å². The highest BCUT2D eigenvalue weighted by Gasteiger charge is 2.34. The predicted octanol–water partition coefficient (Wildman–Crippen LogP) is 6.67. The van der Waals surface area contributed by atoms with Crippen LogP contribution in [0.5, 0.6) is 0 Å². The number of nitrogens with zero attached hydrogens (tertiary/aromatic N) is 1. The van der Waals surface area contributed by atoms with Gasteiger partial charge < -0.3 is 10.6 Å². The van der Waals surface area contributed by atoms with E-state index in [0.29, 0.717) is 17.7 Å². The molecule has 0 unspecified atom stereocenters. The molecule has 1 fully saturated rings. The molecule has 5 rings (SSSR count). The summed E-state index contributed by atoms with van der Waals surface area (Å²) in [6.45, 7) is 3.57. The molecule has 36 heavy (non-hydrogen) atoms. The lowest BCUT2D eigenvalue weighted by Gasteiger charge is -2.26. The number of amides is 1. The van der Waals surface area contributed by atoms with Gasteiger partial charge in [0, 0.05) is 30.0 Å². The van der Waals surface area contributed by atoms with Gasteiger partial charge in [-0.25, -0.2) is 0 Å². The summed E-state index contributed by atoms with van der Waals surface area (Å²) in [5.41, 5.74) is 4.00. The minimum atomic E-state index is -4.48. The molecular formula is C29H28F3N3O. The zero-order chi connectivity index (χ0) is 25.1. The molecule has 2 heterocycles. The van der Waals surface area contributed by atoms with E-state index in [1.165, 1.54) is 30.9 Å². The largest absolute Gasteiger partial charge is 0.416 e. The maximum absolute atomic E-state index is 13.2. The molecule has 0 bridgehead atoms. The molecule has 0 atom stereocenters. The molecular weight excluding hydrogens is 463 g/mol. The van der Waals surface area contributed by atoms with E-state index >= 15 is 0 Å². The predicted molar refractivity (Wildman–Crippen MR) is 137 cm³/mol. The van der Waals surface area contributed by atoms with Crippen molar-refractivity contribution < 1.29 is 18.0 Å². The van der Waals surface area contributed by atoms with Gasteiger partial charge in [-0.3, -0.25) is 9.69 Å². The summed E-state index contributed by atoms with van der Waals surface area (Å²) < 4.78 is 39.6. The normalized spacial score (nSPS) is 17.5. The second-order valence-corrected chi connectivity index (χ2v) is 9.32. The Labute approximate surface area is 208 Å². The zero-order valence-corrected chi connectivity index (χ0v) is 19.9. The number of nitrogens with one attached hydrogen (secondary N) is 2. The molecule has 0 aliphatic carbocycles. The van der Waals surface area contributed by atoms with Gasteiger partial charge in [0.05, 0.1) is 11.1 Å². The fraction of sp³-hybridized carbons (Fsp3) is 0.276. The smallest absolute Gasteiger partial charge is 0.381 e. The number of benzene rings is 3. The number of piperidine rings is 1. The third-order valence-corrected chi connectivity index (χ3v) is 6.79. The van der Waals surface area contributed by atoms with Crippen molar-refractivity contribution in [1.82, 2.24) is 4.90 Å². The molecule has 0 radical (unpaired) electrons. The Morgan fingerprint density at radius 2 is 1.64 bits per heavy atom. The van der Waals surface area contributed by atoms with Crippen molar-refractivity contribution in [2.45, 2.75) is 32.0 Å². The first-order chi connectivity index (χ1) is 17.4. The average Bonchev–Trinajstić information content (AvgIpc) is 3.21. The van der Waals surface area contributed by atoms with E-state index in [1.54, 1.807) is 0 Å². The highest BCUT2D eigenvalue weighted by molar-refractivity contribution is 6.37. The first-order valence-corrected chi connectivity index (χ1v) is 12.3. The van der Waals surface area contributed by atoms with Gasteiger partial charge in [-0.05, 0) is 66.9 Å². The van der Waals surface area contributed by atoms with Gasteiger partial charge in [-0.2, -0.15) is 13.2 Å². The number of carbonyl (C=O) groups is 1. The number of hydrogen-bond acceptors (Lipinski definition) is 3. The second kappa shape index (κ2) is 10.2. The zero-order valence-electron chi connectivity index (χ0n) is 19.9. The first kappa shape index (κ1) is 24.1. The molecule has 3 aromatic rings. The minimum Gasteiger partial charge on any atom is -0.381 e.